The van der Waals surface area contributed by atoms with Crippen LogP contribution in [0.2, 0.25) is 0 Å². The van der Waals surface area contributed by atoms with E-state index in [4.69, 9.17) is 0 Å². The third kappa shape index (κ3) is 3.43. The van der Waals surface area contributed by atoms with Crippen molar-refractivity contribution in [1.82, 2.24) is 0 Å². The lowest BCUT2D eigenvalue weighted by Crippen LogP contribution is -2.08. The average molecular weight is 176 g/mol. The molecule has 0 spiro atoms. The van der Waals surface area contributed by atoms with Crippen molar-refractivity contribution in [2.75, 3.05) is 0 Å². The standard InChI is InChI=1S/C12H16O/c1-3-5-12(13)9-11-7-4-6-10(2)8-11/h3-4,6-8,12-13H,1,5,9H2,2H3/t12-/m1/s1. The minimum absolute atomic E-state index is 0.292. The van der Waals surface area contributed by atoms with Gasteiger partial charge in [-0.05, 0) is 25.3 Å². The van der Waals surface area contributed by atoms with Crippen LogP contribution in [-0.2, 0) is 6.42 Å². The first-order valence-corrected chi connectivity index (χ1v) is 4.57. The summed E-state index contributed by atoms with van der Waals surface area (Å²) in [5.41, 5.74) is 2.43. The topological polar surface area (TPSA) is 20.2 Å². The van der Waals surface area contributed by atoms with Gasteiger partial charge in [-0.2, -0.15) is 0 Å². The predicted molar refractivity (Wildman–Crippen MR) is 55.7 cm³/mol. The van der Waals surface area contributed by atoms with Crippen LogP contribution in [0, 0.1) is 6.92 Å². The molecule has 1 atom stereocenters. The first-order chi connectivity index (χ1) is 6.22. The lowest BCUT2D eigenvalue weighted by Gasteiger charge is -2.07. The Balaban J connectivity index is 2.58. The summed E-state index contributed by atoms with van der Waals surface area (Å²) in [5, 5.41) is 9.52. The van der Waals surface area contributed by atoms with Crippen LogP contribution in [0.4, 0.5) is 0 Å². The lowest BCUT2D eigenvalue weighted by atomic mass is 10.0. The van der Waals surface area contributed by atoms with E-state index in [1.54, 1.807) is 6.08 Å². The first-order valence-electron chi connectivity index (χ1n) is 4.57. The van der Waals surface area contributed by atoms with Crippen molar-refractivity contribution < 1.29 is 5.11 Å². The van der Waals surface area contributed by atoms with Crippen LogP contribution in [0.5, 0.6) is 0 Å². The molecule has 1 aromatic rings. The monoisotopic (exact) mass is 176 g/mol. The fourth-order valence-corrected chi connectivity index (χ4v) is 1.39. The lowest BCUT2D eigenvalue weighted by molar-refractivity contribution is 0.178. The molecule has 0 unspecified atom stereocenters. The van der Waals surface area contributed by atoms with Crippen LogP contribution in [0.1, 0.15) is 17.5 Å². The Morgan fingerprint density at radius 1 is 1.54 bits per heavy atom. The number of rotatable bonds is 4. The summed E-state index contributed by atoms with van der Waals surface area (Å²) in [6, 6.07) is 8.22. The Hall–Kier alpha value is -1.08. The van der Waals surface area contributed by atoms with E-state index in [1.165, 1.54) is 11.1 Å². The molecular weight excluding hydrogens is 160 g/mol. The van der Waals surface area contributed by atoms with E-state index >= 15 is 0 Å². The van der Waals surface area contributed by atoms with Crippen molar-refractivity contribution in [1.29, 1.82) is 0 Å². The zero-order valence-electron chi connectivity index (χ0n) is 8.03. The third-order valence-corrected chi connectivity index (χ3v) is 1.99. The van der Waals surface area contributed by atoms with Gasteiger partial charge in [0.25, 0.3) is 0 Å². The fraction of sp³-hybridized carbons (Fsp3) is 0.333. The van der Waals surface area contributed by atoms with Gasteiger partial charge in [-0.25, -0.2) is 0 Å². The molecule has 0 aliphatic heterocycles. The number of aliphatic hydroxyl groups is 1. The highest BCUT2D eigenvalue weighted by molar-refractivity contribution is 5.22. The molecule has 0 heterocycles. The molecule has 1 rings (SSSR count). The second-order valence-corrected chi connectivity index (χ2v) is 3.37. The molecular formula is C12H16O. The molecule has 0 fully saturated rings. The van der Waals surface area contributed by atoms with E-state index in [0.717, 1.165) is 0 Å². The van der Waals surface area contributed by atoms with Crippen LogP contribution < -0.4 is 0 Å². The molecule has 0 amide bonds. The Kier molecular flexibility index (Phi) is 3.71. The molecule has 0 bridgehead atoms. The quantitative estimate of drug-likeness (QED) is 0.699. The fourth-order valence-electron chi connectivity index (χ4n) is 1.39. The first kappa shape index (κ1) is 10.0. The molecule has 0 aliphatic rings. The Bertz CT molecular complexity index is 278. The van der Waals surface area contributed by atoms with Crippen LogP contribution in [0.3, 0.4) is 0 Å². The highest BCUT2D eigenvalue weighted by atomic mass is 16.3. The summed E-state index contributed by atoms with van der Waals surface area (Å²) in [4.78, 5) is 0. The van der Waals surface area contributed by atoms with E-state index in [-0.39, 0.29) is 6.10 Å². The predicted octanol–water partition coefficient (Wildman–Crippen LogP) is 2.47. The van der Waals surface area contributed by atoms with Crippen molar-refractivity contribution in [2.45, 2.75) is 25.9 Å². The van der Waals surface area contributed by atoms with Crippen LogP contribution in [0.15, 0.2) is 36.9 Å². The maximum atomic E-state index is 9.52. The van der Waals surface area contributed by atoms with Gasteiger partial charge in [0.2, 0.25) is 0 Å². The van der Waals surface area contributed by atoms with Crippen molar-refractivity contribution in [3.63, 3.8) is 0 Å². The molecule has 1 aromatic carbocycles. The molecule has 1 heteroatoms. The molecule has 0 saturated carbocycles. The van der Waals surface area contributed by atoms with Gasteiger partial charge in [0.1, 0.15) is 0 Å². The zero-order valence-corrected chi connectivity index (χ0v) is 8.03. The van der Waals surface area contributed by atoms with Crippen molar-refractivity contribution in [2.24, 2.45) is 0 Å². The highest BCUT2D eigenvalue weighted by Crippen LogP contribution is 2.08. The van der Waals surface area contributed by atoms with E-state index in [2.05, 4.69) is 25.6 Å². The van der Waals surface area contributed by atoms with Gasteiger partial charge >= 0.3 is 0 Å². The zero-order chi connectivity index (χ0) is 9.68. The largest absolute Gasteiger partial charge is 0.392 e. The van der Waals surface area contributed by atoms with Crippen LogP contribution in [-0.4, -0.2) is 11.2 Å². The van der Waals surface area contributed by atoms with E-state index in [1.807, 2.05) is 12.1 Å². The SMILES string of the molecule is C=CC[C@@H](O)Cc1cccc(C)c1. The summed E-state index contributed by atoms with van der Waals surface area (Å²) >= 11 is 0. The molecule has 13 heavy (non-hydrogen) atoms. The summed E-state index contributed by atoms with van der Waals surface area (Å²) in [6.07, 6.45) is 2.83. The van der Waals surface area contributed by atoms with Crippen molar-refractivity contribution >= 4 is 0 Å². The number of hydrogen-bond acceptors (Lipinski definition) is 1. The molecule has 0 radical (unpaired) electrons. The third-order valence-electron chi connectivity index (χ3n) is 1.99. The summed E-state index contributed by atoms with van der Waals surface area (Å²) in [5.74, 6) is 0. The van der Waals surface area contributed by atoms with Crippen molar-refractivity contribution in [3.05, 3.63) is 48.0 Å². The molecule has 1 N–H and O–H groups in total. The van der Waals surface area contributed by atoms with Gasteiger partial charge in [0.05, 0.1) is 6.10 Å². The van der Waals surface area contributed by atoms with Gasteiger partial charge in [-0.15, -0.1) is 6.58 Å². The molecule has 1 nitrogen and oxygen atoms in total. The van der Waals surface area contributed by atoms with Gasteiger partial charge in [-0.1, -0.05) is 35.9 Å². The minimum Gasteiger partial charge on any atom is -0.392 e. The number of aryl methyl sites for hydroxylation is 1. The minimum atomic E-state index is -0.292. The van der Waals surface area contributed by atoms with Gasteiger partial charge in [0, 0.05) is 0 Å². The van der Waals surface area contributed by atoms with Crippen molar-refractivity contribution in [3.8, 4) is 0 Å². The van der Waals surface area contributed by atoms with Crippen LogP contribution in [0.25, 0.3) is 0 Å². The highest BCUT2D eigenvalue weighted by Gasteiger charge is 2.02. The summed E-state index contributed by atoms with van der Waals surface area (Å²) in [7, 11) is 0. The summed E-state index contributed by atoms with van der Waals surface area (Å²) < 4.78 is 0. The summed E-state index contributed by atoms with van der Waals surface area (Å²) in [6.45, 7) is 5.66. The van der Waals surface area contributed by atoms with E-state index < -0.39 is 0 Å². The van der Waals surface area contributed by atoms with Crippen LogP contribution >= 0.6 is 0 Å². The number of aliphatic hydroxyl groups excluding tert-OH is 1. The average Bonchev–Trinajstić information content (AvgIpc) is 2.04. The van der Waals surface area contributed by atoms with E-state index in [0.29, 0.717) is 12.8 Å². The molecule has 0 aromatic heterocycles. The second-order valence-electron chi connectivity index (χ2n) is 3.37. The molecule has 0 aliphatic carbocycles. The molecule has 0 saturated heterocycles. The Morgan fingerprint density at radius 2 is 2.31 bits per heavy atom. The normalized spacial score (nSPS) is 12.5. The van der Waals surface area contributed by atoms with Gasteiger partial charge < -0.3 is 5.11 Å². The van der Waals surface area contributed by atoms with Gasteiger partial charge in [0.15, 0.2) is 0 Å². The Labute approximate surface area is 79.7 Å². The number of hydrogen-bond donors (Lipinski definition) is 1. The molecule has 70 valence electrons. The maximum absolute atomic E-state index is 9.52. The second kappa shape index (κ2) is 4.83. The Morgan fingerprint density at radius 3 is 2.92 bits per heavy atom. The maximum Gasteiger partial charge on any atom is 0.0614 e. The number of benzene rings is 1. The van der Waals surface area contributed by atoms with Gasteiger partial charge in [-0.3, -0.25) is 0 Å². The smallest absolute Gasteiger partial charge is 0.0614 e. The van der Waals surface area contributed by atoms with E-state index in [9.17, 15) is 5.11 Å².